The highest BCUT2D eigenvalue weighted by atomic mass is 32.2. The molecule has 0 spiro atoms. The summed E-state index contributed by atoms with van der Waals surface area (Å²) in [5.74, 6) is 2.81. The first-order valence-electron chi connectivity index (χ1n) is 10.1. The number of hydrogen-bond acceptors (Lipinski definition) is 3. The van der Waals surface area contributed by atoms with E-state index in [0.29, 0.717) is 31.8 Å². The predicted molar refractivity (Wildman–Crippen MR) is 97.4 cm³/mol. The number of rotatable bonds is 4. The smallest absolute Gasteiger partial charge is 0.226 e. The minimum absolute atomic E-state index is 0.00551. The summed E-state index contributed by atoms with van der Waals surface area (Å²) in [6.07, 6.45) is 10.4. The maximum absolute atomic E-state index is 13.4. The van der Waals surface area contributed by atoms with Crippen molar-refractivity contribution in [2.75, 3.05) is 25.9 Å². The lowest BCUT2D eigenvalue weighted by molar-refractivity contribution is -0.155. The van der Waals surface area contributed by atoms with Crippen LogP contribution in [0.15, 0.2) is 0 Å². The van der Waals surface area contributed by atoms with E-state index in [1.165, 1.54) is 49.1 Å². The number of hydrogen-bond donors (Lipinski definition) is 0. The Kier molecular flexibility index (Phi) is 4.42. The molecule has 5 fully saturated rings. The topological polar surface area (TPSA) is 57.7 Å². The quantitative estimate of drug-likeness (QED) is 0.766. The van der Waals surface area contributed by atoms with Crippen molar-refractivity contribution in [3.63, 3.8) is 0 Å². The summed E-state index contributed by atoms with van der Waals surface area (Å²) in [6, 6.07) is 0. The zero-order valence-corrected chi connectivity index (χ0v) is 16.4. The fourth-order valence-electron chi connectivity index (χ4n) is 6.78. The number of carbonyl (C=O) groups excluding carboxylic acids is 1. The van der Waals surface area contributed by atoms with Gasteiger partial charge in [-0.25, -0.2) is 12.7 Å². The van der Waals surface area contributed by atoms with Gasteiger partial charge in [-0.2, -0.15) is 0 Å². The van der Waals surface area contributed by atoms with Crippen molar-refractivity contribution in [2.45, 2.75) is 63.8 Å². The zero-order chi connectivity index (χ0) is 17.8. The molecular formula is C19H32N2O3S. The Labute approximate surface area is 152 Å². The number of piperidine rings is 1. The Morgan fingerprint density at radius 3 is 1.92 bits per heavy atom. The van der Waals surface area contributed by atoms with E-state index < -0.39 is 10.0 Å². The normalized spacial score (nSPS) is 38.9. The highest BCUT2D eigenvalue weighted by molar-refractivity contribution is 7.88. The molecule has 142 valence electrons. The van der Waals surface area contributed by atoms with Crippen molar-refractivity contribution >= 4 is 15.9 Å². The van der Waals surface area contributed by atoms with Crippen LogP contribution in [-0.4, -0.2) is 55.0 Å². The maximum atomic E-state index is 13.4. The van der Waals surface area contributed by atoms with E-state index in [-0.39, 0.29) is 11.5 Å². The van der Waals surface area contributed by atoms with Crippen molar-refractivity contribution < 1.29 is 13.2 Å². The first-order valence-corrected chi connectivity index (χ1v) is 11.9. The molecule has 4 aliphatic carbocycles. The van der Waals surface area contributed by atoms with Crippen molar-refractivity contribution in [3.05, 3.63) is 0 Å². The average molecular weight is 369 g/mol. The largest absolute Gasteiger partial charge is 0.337 e. The van der Waals surface area contributed by atoms with Crippen LogP contribution in [0.2, 0.25) is 0 Å². The van der Waals surface area contributed by atoms with Gasteiger partial charge in [0.2, 0.25) is 15.9 Å². The van der Waals surface area contributed by atoms with E-state index in [1.54, 1.807) is 0 Å². The lowest BCUT2D eigenvalue weighted by Gasteiger charge is -2.60. The highest BCUT2D eigenvalue weighted by Gasteiger charge is 2.54. The van der Waals surface area contributed by atoms with E-state index in [1.807, 2.05) is 0 Å². The summed E-state index contributed by atoms with van der Waals surface area (Å²) in [6.45, 7) is 3.92. The molecule has 0 N–H and O–H groups in total. The van der Waals surface area contributed by atoms with Crippen LogP contribution < -0.4 is 0 Å². The molecule has 0 unspecified atom stereocenters. The van der Waals surface area contributed by atoms with Gasteiger partial charge in [0.25, 0.3) is 0 Å². The van der Waals surface area contributed by atoms with E-state index in [4.69, 9.17) is 0 Å². The van der Waals surface area contributed by atoms with E-state index in [0.717, 1.165) is 24.3 Å². The maximum Gasteiger partial charge on any atom is 0.226 e. The predicted octanol–water partition coefficient (Wildman–Crippen LogP) is 2.48. The third-order valence-corrected chi connectivity index (χ3v) is 8.74. The van der Waals surface area contributed by atoms with Crippen LogP contribution in [-0.2, 0) is 14.8 Å². The molecule has 0 radical (unpaired) electrons. The minimum atomic E-state index is -3.13. The summed E-state index contributed by atoms with van der Waals surface area (Å²) in [4.78, 5) is 15.6. The van der Waals surface area contributed by atoms with Crippen LogP contribution in [0.1, 0.15) is 58.3 Å². The molecule has 4 bridgehead atoms. The number of nitrogens with zero attached hydrogens (tertiary/aromatic N) is 2. The van der Waals surface area contributed by atoms with Gasteiger partial charge in [-0.15, -0.1) is 0 Å². The number of amides is 1. The van der Waals surface area contributed by atoms with Crippen molar-refractivity contribution in [1.82, 2.24) is 9.21 Å². The molecule has 5 rings (SSSR count). The Bertz CT molecular complexity index is 602. The Balaban J connectivity index is 1.47. The van der Waals surface area contributed by atoms with Gasteiger partial charge in [0.1, 0.15) is 0 Å². The van der Waals surface area contributed by atoms with Crippen molar-refractivity contribution in [3.8, 4) is 0 Å². The molecule has 0 aromatic carbocycles. The lowest BCUT2D eigenvalue weighted by Crippen LogP contribution is -2.62. The second kappa shape index (κ2) is 6.22. The van der Waals surface area contributed by atoms with Crippen LogP contribution in [0, 0.1) is 23.7 Å². The van der Waals surface area contributed by atoms with Gasteiger partial charge in [-0.3, -0.25) is 4.79 Å². The summed E-state index contributed by atoms with van der Waals surface area (Å²) in [5, 5.41) is 0. The molecule has 0 aromatic heterocycles. The third-order valence-electron chi connectivity index (χ3n) is 7.43. The fraction of sp³-hybridized carbons (Fsp3) is 0.947. The summed E-state index contributed by atoms with van der Waals surface area (Å²) >= 11 is 0. The summed E-state index contributed by atoms with van der Waals surface area (Å²) in [5.41, 5.74) is 0.120. The van der Waals surface area contributed by atoms with Crippen LogP contribution in [0.5, 0.6) is 0 Å². The molecule has 5 nitrogen and oxygen atoms in total. The molecule has 0 atom stereocenters. The third kappa shape index (κ3) is 3.14. The first-order chi connectivity index (χ1) is 11.8. The molecule has 6 heteroatoms. The van der Waals surface area contributed by atoms with Crippen molar-refractivity contribution in [2.24, 2.45) is 23.7 Å². The van der Waals surface area contributed by atoms with Gasteiger partial charge in [0, 0.05) is 31.1 Å². The van der Waals surface area contributed by atoms with Crippen molar-refractivity contribution in [1.29, 1.82) is 0 Å². The second-order valence-electron chi connectivity index (χ2n) is 9.16. The lowest BCUT2D eigenvalue weighted by atomic mass is 9.52. The highest BCUT2D eigenvalue weighted by Crippen LogP contribution is 2.58. The van der Waals surface area contributed by atoms with Gasteiger partial charge in [-0.1, -0.05) is 0 Å². The molecule has 25 heavy (non-hydrogen) atoms. The molecule has 1 amide bonds. The molecule has 1 heterocycles. The van der Waals surface area contributed by atoms with E-state index in [9.17, 15) is 13.2 Å². The van der Waals surface area contributed by atoms with Crippen LogP contribution in [0.25, 0.3) is 0 Å². The van der Waals surface area contributed by atoms with Gasteiger partial charge in [0.15, 0.2) is 0 Å². The molecule has 1 aliphatic heterocycles. The standard InChI is InChI=1S/C19H32N2O3S/c1-3-21(18(22)17-4-6-20(7-5-17)25(2,23)24)19-11-14-8-15(12-19)10-16(9-14)13-19/h14-17H,3-13H2,1-2H3. The molecule has 5 aliphatic rings. The van der Waals surface area contributed by atoms with Gasteiger partial charge < -0.3 is 4.90 Å². The monoisotopic (exact) mass is 368 g/mol. The van der Waals surface area contributed by atoms with Crippen LogP contribution in [0.4, 0.5) is 0 Å². The summed E-state index contributed by atoms with van der Waals surface area (Å²) in [7, 11) is -3.13. The van der Waals surface area contributed by atoms with E-state index >= 15 is 0 Å². The first kappa shape index (κ1) is 17.8. The Morgan fingerprint density at radius 2 is 1.52 bits per heavy atom. The molecular weight excluding hydrogens is 336 g/mol. The van der Waals surface area contributed by atoms with Gasteiger partial charge >= 0.3 is 0 Å². The minimum Gasteiger partial charge on any atom is -0.337 e. The Hall–Kier alpha value is -0.620. The fourth-order valence-corrected chi connectivity index (χ4v) is 7.65. The summed E-state index contributed by atoms with van der Waals surface area (Å²) < 4.78 is 25.0. The van der Waals surface area contributed by atoms with Crippen LogP contribution >= 0.6 is 0 Å². The molecule has 1 saturated heterocycles. The van der Waals surface area contributed by atoms with Gasteiger partial charge in [-0.05, 0) is 76.0 Å². The average Bonchev–Trinajstić information content (AvgIpc) is 2.53. The number of sulfonamides is 1. The Morgan fingerprint density at radius 1 is 1.04 bits per heavy atom. The van der Waals surface area contributed by atoms with E-state index in [2.05, 4.69) is 11.8 Å². The number of carbonyl (C=O) groups is 1. The SMILES string of the molecule is CCN(C(=O)C1CCN(S(C)(=O)=O)CC1)C12CC3CC(CC(C3)C1)C2. The van der Waals surface area contributed by atoms with Crippen LogP contribution in [0.3, 0.4) is 0 Å². The zero-order valence-electron chi connectivity index (χ0n) is 15.6. The van der Waals surface area contributed by atoms with Gasteiger partial charge in [0.05, 0.1) is 6.26 Å². The molecule has 4 saturated carbocycles. The second-order valence-corrected chi connectivity index (χ2v) is 11.1. The molecule has 0 aromatic rings.